The van der Waals surface area contributed by atoms with Crippen molar-refractivity contribution in [1.29, 1.82) is 0 Å². The minimum absolute atomic E-state index is 0.425. The highest BCUT2D eigenvalue weighted by Crippen LogP contribution is 2.35. The molecule has 4 fully saturated rings. The fraction of sp³-hybridized carbons (Fsp3) is 1.00. The number of aliphatic hydroxyl groups excluding tert-OH is 5. The van der Waals surface area contributed by atoms with Gasteiger partial charge in [-0.3, -0.25) is 0 Å². The monoisotopic (exact) mass is 294 g/mol. The van der Waals surface area contributed by atoms with Crippen molar-refractivity contribution >= 4 is 0 Å². The smallest absolute Gasteiger partial charge is 0.187 e. The quantitative estimate of drug-likeness (QED) is 0.348. The maximum atomic E-state index is 9.97. The third-order valence-corrected chi connectivity index (χ3v) is 3.88. The van der Waals surface area contributed by atoms with E-state index in [1.54, 1.807) is 0 Å². The van der Waals surface area contributed by atoms with Crippen LogP contribution in [0.25, 0.3) is 0 Å². The maximum Gasteiger partial charge on any atom is 0.187 e. The second kappa shape index (κ2) is 5.44. The first kappa shape index (κ1) is 14.6. The van der Waals surface area contributed by atoms with Crippen LogP contribution in [0.15, 0.2) is 0 Å². The molecule has 9 atom stereocenters. The number of aliphatic hydroxyl groups is 5. The lowest BCUT2D eigenvalue weighted by molar-refractivity contribution is -0.376. The Morgan fingerprint density at radius 1 is 0.600 bits per heavy atom. The molecule has 0 aliphatic carbocycles. The predicted octanol–water partition coefficient (Wildman–Crippen LogP) is -3.71. The molecule has 0 unspecified atom stereocenters. The van der Waals surface area contributed by atoms with Gasteiger partial charge in [0.25, 0.3) is 0 Å². The highest BCUT2D eigenvalue weighted by atomic mass is 16.8. The molecule has 0 saturated carbocycles. The van der Waals surface area contributed by atoms with Crippen LogP contribution in [-0.2, 0) is 18.9 Å². The molecule has 2 bridgehead atoms. The lowest BCUT2D eigenvalue weighted by Crippen LogP contribution is -2.64. The number of fused-ring (bicyclic) bond motifs is 2. The van der Waals surface area contributed by atoms with Gasteiger partial charge in [-0.25, -0.2) is 0 Å². The average Bonchev–Trinajstić information content (AvgIpc) is 2.71. The normalized spacial score (nSPS) is 55.4. The molecule has 0 radical (unpaired) electrons. The molecule has 20 heavy (non-hydrogen) atoms. The van der Waals surface area contributed by atoms with Crippen molar-refractivity contribution in [3.8, 4) is 0 Å². The van der Waals surface area contributed by atoms with E-state index in [1.165, 1.54) is 0 Å². The molecule has 0 aromatic carbocycles. The van der Waals surface area contributed by atoms with E-state index in [0.29, 0.717) is 0 Å². The topological polar surface area (TPSA) is 138 Å². The molecule has 0 spiro atoms. The van der Waals surface area contributed by atoms with E-state index >= 15 is 0 Å². The van der Waals surface area contributed by atoms with Gasteiger partial charge in [0.05, 0.1) is 13.2 Å². The van der Waals surface area contributed by atoms with Gasteiger partial charge in [0, 0.05) is 0 Å². The Bertz CT molecular complexity index is 351. The van der Waals surface area contributed by atoms with Crippen LogP contribution in [0.3, 0.4) is 0 Å². The van der Waals surface area contributed by atoms with Gasteiger partial charge in [-0.15, -0.1) is 0 Å². The standard InChI is InChI=1S/C11H18O9/c12-1-3-5(14)9-11(17-3)19-8-4(2-13)18-10(20-9)7(16)6(8)15/h3-16H,1-2H2/t3-,4-,5-,6-,7-,8+,9-,10-,11+/m1/s1. The molecule has 5 N–H and O–H groups in total. The first-order valence-corrected chi connectivity index (χ1v) is 6.44. The maximum absolute atomic E-state index is 9.97. The summed E-state index contributed by atoms with van der Waals surface area (Å²) in [7, 11) is 0. The van der Waals surface area contributed by atoms with E-state index in [2.05, 4.69) is 0 Å². The van der Waals surface area contributed by atoms with Crippen LogP contribution in [0, 0.1) is 0 Å². The van der Waals surface area contributed by atoms with Crippen LogP contribution in [0.1, 0.15) is 0 Å². The van der Waals surface area contributed by atoms with E-state index in [-0.39, 0.29) is 0 Å². The van der Waals surface area contributed by atoms with E-state index in [9.17, 15) is 20.4 Å². The summed E-state index contributed by atoms with van der Waals surface area (Å²) >= 11 is 0. The van der Waals surface area contributed by atoms with Crippen LogP contribution in [0.2, 0.25) is 0 Å². The highest BCUT2D eigenvalue weighted by molar-refractivity contribution is 4.97. The summed E-state index contributed by atoms with van der Waals surface area (Å²) in [4.78, 5) is 0. The zero-order chi connectivity index (χ0) is 14.4. The Morgan fingerprint density at radius 2 is 1.20 bits per heavy atom. The summed E-state index contributed by atoms with van der Waals surface area (Å²) in [5, 5.41) is 48.2. The second-order valence-corrected chi connectivity index (χ2v) is 5.12. The van der Waals surface area contributed by atoms with Crippen molar-refractivity contribution in [2.75, 3.05) is 13.2 Å². The first-order valence-electron chi connectivity index (χ1n) is 6.44. The van der Waals surface area contributed by atoms with Crippen molar-refractivity contribution in [2.24, 2.45) is 0 Å². The number of rotatable bonds is 2. The number of hydrogen-bond donors (Lipinski definition) is 5. The molecule has 4 rings (SSSR count). The van der Waals surface area contributed by atoms with Gasteiger partial charge >= 0.3 is 0 Å². The minimum atomic E-state index is -1.37. The molecule has 4 aliphatic rings. The molecular formula is C11H18O9. The molecule has 4 heterocycles. The Balaban J connectivity index is 1.86. The van der Waals surface area contributed by atoms with Crippen LogP contribution in [0.5, 0.6) is 0 Å². The number of ether oxygens (including phenoxy) is 4. The molecular weight excluding hydrogens is 276 g/mol. The summed E-state index contributed by atoms with van der Waals surface area (Å²) in [6.07, 6.45) is -9.82. The second-order valence-electron chi connectivity index (χ2n) is 5.12. The zero-order valence-electron chi connectivity index (χ0n) is 10.5. The summed E-state index contributed by atoms with van der Waals surface area (Å²) in [5.74, 6) is 0. The summed E-state index contributed by atoms with van der Waals surface area (Å²) < 4.78 is 21.5. The fourth-order valence-corrected chi connectivity index (χ4v) is 2.75. The van der Waals surface area contributed by atoms with E-state index in [0.717, 1.165) is 0 Å². The van der Waals surface area contributed by atoms with Crippen LogP contribution < -0.4 is 0 Å². The van der Waals surface area contributed by atoms with Gasteiger partial charge in [-0.1, -0.05) is 0 Å². The van der Waals surface area contributed by atoms with Crippen molar-refractivity contribution < 1.29 is 44.5 Å². The Hall–Kier alpha value is -0.360. The molecule has 9 nitrogen and oxygen atoms in total. The predicted molar refractivity (Wildman–Crippen MR) is 59.3 cm³/mol. The van der Waals surface area contributed by atoms with Gasteiger partial charge in [-0.2, -0.15) is 0 Å². The molecule has 9 heteroatoms. The van der Waals surface area contributed by atoms with Crippen LogP contribution >= 0.6 is 0 Å². The van der Waals surface area contributed by atoms with Gasteiger partial charge in [0.2, 0.25) is 0 Å². The SMILES string of the molecule is OC[C@H]1O[C@H]2O[C@@H]3[C@H](O)[C@@H](O)[C@@H](O[C@@H]2[C@@H]1O)O[C@@H]3CO. The first-order chi connectivity index (χ1) is 9.56. The molecule has 4 saturated heterocycles. The summed E-state index contributed by atoms with van der Waals surface area (Å²) in [5.41, 5.74) is 0. The van der Waals surface area contributed by atoms with Gasteiger partial charge in [0.15, 0.2) is 12.6 Å². The Labute approximate surface area is 114 Å². The van der Waals surface area contributed by atoms with Gasteiger partial charge in [-0.05, 0) is 0 Å². The largest absolute Gasteiger partial charge is 0.394 e. The Kier molecular flexibility index (Phi) is 3.97. The summed E-state index contributed by atoms with van der Waals surface area (Å²) in [6.45, 7) is -0.858. The molecule has 116 valence electrons. The van der Waals surface area contributed by atoms with Crippen molar-refractivity contribution in [3.05, 3.63) is 0 Å². The van der Waals surface area contributed by atoms with Crippen molar-refractivity contribution in [1.82, 2.24) is 0 Å². The third-order valence-electron chi connectivity index (χ3n) is 3.88. The van der Waals surface area contributed by atoms with Crippen LogP contribution in [-0.4, -0.2) is 94.1 Å². The molecule has 0 amide bonds. The van der Waals surface area contributed by atoms with E-state index in [1.807, 2.05) is 0 Å². The minimum Gasteiger partial charge on any atom is -0.394 e. The molecule has 0 aromatic heterocycles. The third kappa shape index (κ3) is 2.15. The molecule has 0 aromatic rings. The van der Waals surface area contributed by atoms with E-state index in [4.69, 9.17) is 24.1 Å². The van der Waals surface area contributed by atoms with Crippen LogP contribution in [0.4, 0.5) is 0 Å². The molecule has 4 aliphatic heterocycles. The summed E-state index contributed by atoms with van der Waals surface area (Å²) in [6, 6.07) is 0. The average molecular weight is 294 g/mol. The zero-order valence-corrected chi connectivity index (χ0v) is 10.5. The van der Waals surface area contributed by atoms with Crippen molar-refractivity contribution in [2.45, 2.75) is 55.3 Å². The Morgan fingerprint density at radius 3 is 1.85 bits per heavy atom. The van der Waals surface area contributed by atoms with E-state index < -0.39 is 68.5 Å². The highest BCUT2D eigenvalue weighted by Gasteiger charge is 2.56. The number of hydrogen-bond acceptors (Lipinski definition) is 9. The lowest BCUT2D eigenvalue weighted by Gasteiger charge is -2.46. The van der Waals surface area contributed by atoms with Gasteiger partial charge in [0.1, 0.15) is 42.7 Å². The lowest BCUT2D eigenvalue weighted by atomic mass is 9.97. The fourth-order valence-electron chi connectivity index (χ4n) is 2.75. The van der Waals surface area contributed by atoms with Gasteiger partial charge < -0.3 is 44.5 Å². The van der Waals surface area contributed by atoms with Crippen molar-refractivity contribution in [3.63, 3.8) is 0 Å².